The van der Waals surface area contributed by atoms with E-state index in [0.717, 1.165) is 6.07 Å². The monoisotopic (exact) mass is 268 g/mol. The molecule has 1 aromatic rings. The van der Waals surface area contributed by atoms with E-state index in [0.29, 0.717) is 0 Å². The molecule has 0 aromatic heterocycles. The van der Waals surface area contributed by atoms with Gasteiger partial charge >= 0.3 is 0 Å². The van der Waals surface area contributed by atoms with Gasteiger partial charge in [-0.25, -0.2) is 4.39 Å². The zero-order chi connectivity index (χ0) is 14.0. The van der Waals surface area contributed by atoms with Crippen LogP contribution < -0.4 is 15.4 Å². The van der Waals surface area contributed by atoms with Crippen LogP contribution in [0.1, 0.15) is 0 Å². The average Bonchev–Trinajstić information content (AvgIpc) is 2.69. The van der Waals surface area contributed by atoms with Gasteiger partial charge in [0.25, 0.3) is 0 Å². The molecule has 6 nitrogen and oxygen atoms in total. The van der Waals surface area contributed by atoms with Crippen molar-refractivity contribution in [2.75, 3.05) is 19.0 Å². The minimum Gasteiger partial charge on any atom is -0.494 e. The van der Waals surface area contributed by atoms with Crippen LogP contribution >= 0.6 is 0 Å². The maximum Gasteiger partial charge on any atom is 0.239 e. The van der Waals surface area contributed by atoms with E-state index < -0.39 is 29.7 Å². The zero-order valence-electron chi connectivity index (χ0n) is 10.1. The van der Waals surface area contributed by atoms with Crippen LogP contribution in [0.2, 0.25) is 0 Å². The zero-order valence-corrected chi connectivity index (χ0v) is 10.1. The average molecular weight is 268 g/mol. The summed E-state index contributed by atoms with van der Waals surface area (Å²) in [5.41, 5.74) is 0.190. The van der Waals surface area contributed by atoms with Crippen molar-refractivity contribution in [3.8, 4) is 5.75 Å². The molecule has 1 aromatic carbocycles. The summed E-state index contributed by atoms with van der Waals surface area (Å²) in [5.74, 6) is -2.97. The standard InChI is InChI=1S/C12H13FN2O4/c1-19-9-3-2-6(4-7(9)13)15-12(18)10-8(16)5-14-11(10)17/h2-4,8,10,16H,5H2,1H3,(H,14,17)(H,15,18). The first-order valence-corrected chi connectivity index (χ1v) is 5.63. The van der Waals surface area contributed by atoms with Crippen LogP contribution in [-0.4, -0.2) is 36.7 Å². The summed E-state index contributed by atoms with van der Waals surface area (Å²) in [6.45, 7) is 0.0356. The number of rotatable bonds is 3. The van der Waals surface area contributed by atoms with Crippen molar-refractivity contribution in [2.24, 2.45) is 5.92 Å². The number of amides is 2. The molecule has 0 bridgehead atoms. The molecule has 0 saturated carbocycles. The Kier molecular flexibility index (Phi) is 3.66. The van der Waals surface area contributed by atoms with Gasteiger partial charge in [0, 0.05) is 18.3 Å². The lowest BCUT2D eigenvalue weighted by Crippen LogP contribution is -2.34. The van der Waals surface area contributed by atoms with Crippen LogP contribution in [0.15, 0.2) is 18.2 Å². The molecule has 2 amide bonds. The Bertz CT molecular complexity index is 520. The lowest BCUT2D eigenvalue weighted by Gasteiger charge is -2.12. The maximum atomic E-state index is 13.4. The summed E-state index contributed by atoms with van der Waals surface area (Å²) < 4.78 is 18.2. The highest BCUT2D eigenvalue weighted by Crippen LogP contribution is 2.21. The number of aliphatic hydroxyl groups is 1. The minimum absolute atomic E-state index is 0.0356. The molecule has 1 saturated heterocycles. The highest BCUT2D eigenvalue weighted by molar-refractivity contribution is 6.08. The number of hydrogen-bond acceptors (Lipinski definition) is 4. The molecule has 0 radical (unpaired) electrons. The quantitative estimate of drug-likeness (QED) is 0.667. The highest BCUT2D eigenvalue weighted by Gasteiger charge is 2.39. The lowest BCUT2D eigenvalue weighted by atomic mass is 10.0. The number of β-amino-alcohol motifs (C(OH)–C–C–N with tert-alkyl or cyclic N) is 1. The van der Waals surface area contributed by atoms with Crippen LogP contribution in [0.3, 0.4) is 0 Å². The Hall–Kier alpha value is -2.15. The number of halogens is 1. The summed E-state index contributed by atoms with van der Waals surface area (Å²) >= 11 is 0. The van der Waals surface area contributed by atoms with Crippen LogP contribution in [-0.2, 0) is 9.59 Å². The van der Waals surface area contributed by atoms with Crippen molar-refractivity contribution in [3.63, 3.8) is 0 Å². The lowest BCUT2D eigenvalue weighted by molar-refractivity contribution is -0.132. The molecule has 1 heterocycles. The molecule has 0 aliphatic carbocycles. The second-order valence-electron chi connectivity index (χ2n) is 4.13. The Morgan fingerprint density at radius 3 is 2.84 bits per heavy atom. The largest absolute Gasteiger partial charge is 0.494 e. The highest BCUT2D eigenvalue weighted by atomic mass is 19.1. The van der Waals surface area contributed by atoms with Crippen LogP contribution in [0.25, 0.3) is 0 Å². The van der Waals surface area contributed by atoms with E-state index in [1.54, 1.807) is 0 Å². The number of methoxy groups -OCH3 is 1. The molecular formula is C12H13FN2O4. The van der Waals surface area contributed by atoms with Crippen molar-refractivity contribution in [3.05, 3.63) is 24.0 Å². The summed E-state index contributed by atoms with van der Waals surface area (Å²) in [6.07, 6.45) is -1.07. The topological polar surface area (TPSA) is 87.7 Å². The number of aliphatic hydroxyl groups excluding tert-OH is 1. The number of hydrogen-bond donors (Lipinski definition) is 3. The fraction of sp³-hybridized carbons (Fsp3) is 0.333. The van der Waals surface area contributed by atoms with Crippen molar-refractivity contribution in [2.45, 2.75) is 6.10 Å². The third kappa shape index (κ3) is 2.65. The first-order chi connectivity index (χ1) is 9.02. The normalized spacial score (nSPS) is 21.9. The molecule has 3 N–H and O–H groups in total. The van der Waals surface area contributed by atoms with Crippen LogP contribution in [0.5, 0.6) is 5.75 Å². The Labute approximate surface area is 108 Å². The smallest absolute Gasteiger partial charge is 0.239 e. The van der Waals surface area contributed by atoms with Gasteiger partial charge in [0.2, 0.25) is 11.8 Å². The van der Waals surface area contributed by atoms with E-state index in [4.69, 9.17) is 4.74 Å². The number of anilines is 1. The van der Waals surface area contributed by atoms with Gasteiger partial charge in [0.1, 0.15) is 5.92 Å². The van der Waals surface area contributed by atoms with E-state index in [1.807, 2.05) is 0 Å². The Morgan fingerprint density at radius 1 is 1.58 bits per heavy atom. The molecular weight excluding hydrogens is 255 g/mol. The molecule has 1 aliphatic rings. The van der Waals surface area contributed by atoms with Crippen molar-refractivity contribution < 1.29 is 23.8 Å². The van der Waals surface area contributed by atoms with Gasteiger partial charge in [0.15, 0.2) is 11.6 Å². The first-order valence-electron chi connectivity index (χ1n) is 5.63. The van der Waals surface area contributed by atoms with E-state index >= 15 is 0 Å². The van der Waals surface area contributed by atoms with Crippen molar-refractivity contribution in [1.82, 2.24) is 5.32 Å². The first kappa shape index (κ1) is 13.3. The van der Waals surface area contributed by atoms with Gasteiger partial charge in [-0.15, -0.1) is 0 Å². The number of nitrogens with one attached hydrogen (secondary N) is 2. The third-order valence-electron chi connectivity index (χ3n) is 2.85. The minimum atomic E-state index is -1.18. The van der Waals surface area contributed by atoms with E-state index in [1.165, 1.54) is 19.2 Å². The van der Waals surface area contributed by atoms with Gasteiger partial charge in [-0.05, 0) is 12.1 Å². The fourth-order valence-corrected chi connectivity index (χ4v) is 1.87. The van der Waals surface area contributed by atoms with Crippen LogP contribution in [0.4, 0.5) is 10.1 Å². The molecule has 102 valence electrons. The number of carbonyl (C=O) groups is 2. The fourth-order valence-electron chi connectivity index (χ4n) is 1.87. The summed E-state index contributed by atoms with van der Waals surface area (Å²) in [6, 6.07) is 3.88. The van der Waals surface area contributed by atoms with Gasteiger partial charge in [-0.2, -0.15) is 0 Å². The molecule has 1 fully saturated rings. The second-order valence-corrected chi connectivity index (χ2v) is 4.13. The van der Waals surface area contributed by atoms with Gasteiger partial charge in [0.05, 0.1) is 13.2 Å². The van der Waals surface area contributed by atoms with Crippen molar-refractivity contribution in [1.29, 1.82) is 0 Å². The Morgan fingerprint density at radius 2 is 2.32 bits per heavy atom. The maximum absolute atomic E-state index is 13.4. The second kappa shape index (κ2) is 5.23. The van der Waals surface area contributed by atoms with E-state index in [2.05, 4.69) is 10.6 Å². The summed E-state index contributed by atoms with van der Waals surface area (Å²) in [7, 11) is 1.33. The Balaban J connectivity index is 2.11. The van der Waals surface area contributed by atoms with Gasteiger partial charge < -0.3 is 20.5 Å². The molecule has 7 heteroatoms. The SMILES string of the molecule is COc1ccc(NC(=O)C2C(=O)NCC2O)cc1F. The molecule has 0 spiro atoms. The van der Waals surface area contributed by atoms with E-state index in [9.17, 15) is 19.1 Å². The summed E-state index contributed by atoms with van der Waals surface area (Å²) in [5, 5.41) is 14.3. The van der Waals surface area contributed by atoms with Crippen LogP contribution in [0, 0.1) is 11.7 Å². The van der Waals surface area contributed by atoms with Crippen molar-refractivity contribution >= 4 is 17.5 Å². The predicted molar refractivity (Wildman–Crippen MR) is 64.1 cm³/mol. The predicted octanol–water partition coefficient (Wildman–Crippen LogP) is -0.120. The molecule has 2 unspecified atom stereocenters. The number of benzene rings is 1. The molecule has 19 heavy (non-hydrogen) atoms. The number of ether oxygens (including phenoxy) is 1. The molecule has 2 atom stereocenters. The molecule has 1 aliphatic heterocycles. The van der Waals surface area contributed by atoms with E-state index in [-0.39, 0.29) is 18.0 Å². The van der Waals surface area contributed by atoms with Gasteiger partial charge in [-0.3, -0.25) is 9.59 Å². The van der Waals surface area contributed by atoms with Gasteiger partial charge in [-0.1, -0.05) is 0 Å². The summed E-state index contributed by atoms with van der Waals surface area (Å²) in [4.78, 5) is 23.2. The molecule has 2 rings (SSSR count). The third-order valence-corrected chi connectivity index (χ3v) is 2.85. The number of carbonyl (C=O) groups excluding carboxylic acids is 2.